The molecule has 0 aliphatic carbocycles. The van der Waals surface area contributed by atoms with Gasteiger partial charge in [-0.05, 0) is 17.7 Å². The van der Waals surface area contributed by atoms with E-state index in [1.54, 1.807) is 36.1 Å². The van der Waals surface area contributed by atoms with Crippen molar-refractivity contribution in [3.63, 3.8) is 0 Å². The van der Waals surface area contributed by atoms with Crippen molar-refractivity contribution in [1.29, 1.82) is 0 Å². The van der Waals surface area contributed by atoms with E-state index in [1.165, 1.54) is 0 Å². The fourth-order valence-electron chi connectivity index (χ4n) is 1.78. The summed E-state index contributed by atoms with van der Waals surface area (Å²) in [5.41, 5.74) is 6.33. The standard InChI is InChI=1S/C11H13F2N3/c1-16-6-8(5-11(12,13)7-14)9-3-2-4-15-10(9)16/h2-4,6H,5,7,14H2,1H3. The smallest absolute Gasteiger partial charge is 0.264 e. The first kappa shape index (κ1) is 11.0. The van der Waals surface area contributed by atoms with E-state index >= 15 is 0 Å². The number of rotatable bonds is 3. The molecule has 2 N–H and O–H groups in total. The Labute approximate surface area is 91.9 Å². The van der Waals surface area contributed by atoms with Crippen molar-refractivity contribution < 1.29 is 8.78 Å². The summed E-state index contributed by atoms with van der Waals surface area (Å²) in [7, 11) is 1.79. The zero-order valence-electron chi connectivity index (χ0n) is 8.95. The number of hydrogen-bond acceptors (Lipinski definition) is 2. The zero-order valence-corrected chi connectivity index (χ0v) is 8.95. The zero-order chi connectivity index (χ0) is 11.8. The lowest BCUT2D eigenvalue weighted by Gasteiger charge is -2.12. The summed E-state index contributed by atoms with van der Waals surface area (Å²) in [5, 5.41) is 0.762. The van der Waals surface area contributed by atoms with Gasteiger partial charge in [0.05, 0.1) is 6.54 Å². The highest BCUT2D eigenvalue weighted by atomic mass is 19.3. The molecule has 0 fully saturated rings. The second kappa shape index (κ2) is 3.83. The van der Waals surface area contributed by atoms with Gasteiger partial charge in [-0.3, -0.25) is 0 Å². The Hall–Kier alpha value is -1.49. The molecule has 0 radical (unpaired) electrons. The minimum absolute atomic E-state index is 0.341. The van der Waals surface area contributed by atoms with Crippen LogP contribution in [0.3, 0.4) is 0 Å². The molecule has 3 nitrogen and oxygen atoms in total. The number of aromatic nitrogens is 2. The monoisotopic (exact) mass is 225 g/mol. The molecule has 0 aliphatic heterocycles. The van der Waals surface area contributed by atoms with Crippen LogP contribution < -0.4 is 5.73 Å². The highest BCUT2D eigenvalue weighted by Crippen LogP contribution is 2.25. The van der Waals surface area contributed by atoms with Crippen LogP contribution in [0.5, 0.6) is 0 Å². The molecule has 0 unspecified atom stereocenters. The molecule has 5 heteroatoms. The topological polar surface area (TPSA) is 43.8 Å². The predicted molar refractivity (Wildman–Crippen MR) is 58.4 cm³/mol. The highest BCUT2D eigenvalue weighted by molar-refractivity contribution is 5.80. The van der Waals surface area contributed by atoms with Gasteiger partial charge in [-0.2, -0.15) is 0 Å². The molecule has 2 aromatic rings. The normalized spacial score (nSPS) is 12.2. The van der Waals surface area contributed by atoms with Crippen molar-refractivity contribution >= 4 is 11.0 Å². The molecule has 0 aliphatic rings. The Balaban J connectivity index is 2.46. The van der Waals surface area contributed by atoms with Crippen molar-refractivity contribution in [3.8, 4) is 0 Å². The molecule has 2 aromatic heterocycles. The number of pyridine rings is 1. The molecule has 2 rings (SSSR count). The van der Waals surface area contributed by atoms with E-state index in [0.29, 0.717) is 11.2 Å². The van der Waals surface area contributed by atoms with Crippen LogP contribution in [0.4, 0.5) is 8.78 Å². The SMILES string of the molecule is Cn1cc(CC(F)(F)CN)c2cccnc21. The van der Waals surface area contributed by atoms with Crippen LogP contribution in [0.15, 0.2) is 24.5 Å². The third-order valence-electron chi connectivity index (χ3n) is 2.56. The van der Waals surface area contributed by atoms with Gasteiger partial charge in [-0.15, -0.1) is 0 Å². The molecule has 0 aromatic carbocycles. The third kappa shape index (κ3) is 1.90. The summed E-state index contributed by atoms with van der Waals surface area (Å²) in [6.07, 6.45) is 2.99. The minimum atomic E-state index is -2.86. The summed E-state index contributed by atoms with van der Waals surface area (Å²) >= 11 is 0. The molecular formula is C11H13F2N3. The number of aryl methyl sites for hydroxylation is 1. The van der Waals surface area contributed by atoms with Gasteiger partial charge in [0.15, 0.2) is 0 Å². The lowest BCUT2D eigenvalue weighted by atomic mass is 10.1. The second-order valence-corrected chi connectivity index (χ2v) is 3.88. The lowest BCUT2D eigenvalue weighted by molar-refractivity contribution is 0.0118. The predicted octanol–water partition coefficient (Wildman–Crippen LogP) is 1.71. The summed E-state index contributed by atoms with van der Waals surface area (Å²) in [6, 6.07) is 3.54. The second-order valence-electron chi connectivity index (χ2n) is 3.88. The van der Waals surface area contributed by atoms with Gasteiger partial charge in [0.1, 0.15) is 5.65 Å². The fraction of sp³-hybridized carbons (Fsp3) is 0.364. The Kier molecular flexibility index (Phi) is 2.63. The third-order valence-corrected chi connectivity index (χ3v) is 2.56. The van der Waals surface area contributed by atoms with Crippen LogP contribution in [0.2, 0.25) is 0 Å². The number of fused-ring (bicyclic) bond motifs is 1. The van der Waals surface area contributed by atoms with Crippen molar-refractivity contribution in [2.24, 2.45) is 12.8 Å². The van der Waals surface area contributed by atoms with Gasteiger partial charge < -0.3 is 10.3 Å². The first-order valence-corrected chi connectivity index (χ1v) is 5.00. The molecule has 0 amide bonds. The molecule has 0 saturated heterocycles. The highest BCUT2D eigenvalue weighted by Gasteiger charge is 2.28. The molecular weight excluding hydrogens is 212 g/mol. The number of nitrogens with two attached hydrogens (primary N) is 1. The van der Waals surface area contributed by atoms with Gasteiger partial charge in [0.25, 0.3) is 5.92 Å². The average molecular weight is 225 g/mol. The number of hydrogen-bond donors (Lipinski definition) is 1. The summed E-state index contributed by atoms with van der Waals surface area (Å²) < 4.78 is 28.2. The average Bonchev–Trinajstić information content (AvgIpc) is 2.56. The van der Waals surface area contributed by atoms with Gasteiger partial charge >= 0.3 is 0 Å². The Bertz CT molecular complexity index is 505. The van der Waals surface area contributed by atoms with Gasteiger partial charge in [-0.1, -0.05) is 0 Å². The quantitative estimate of drug-likeness (QED) is 0.864. The summed E-state index contributed by atoms with van der Waals surface area (Å²) in [6.45, 7) is -0.635. The Morgan fingerprint density at radius 2 is 2.25 bits per heavy atom. The molecule has 0 spiro atoms. The number of halogens is 2. The lowest BCUT2D eigenvalue weighted by Crippen LogP contribution is -2.30. The van der Waals surface area contributed by atoms with E-state index in [4.69, 9.17) is 5.73 Å². The van der Waals surface area contributed by atoms with Crippen molar-refractivity contribution in [2.75, 3.05) is 6.54 Å². The maximum absolute atomic E-state index is 13.2. The Morgan fingerprint density at radius 3 is 2.94 bits per heavy atom. The van der Waals surface area contributed by atoms with E-state index in [-0.39, 0.29) is 6.42 Å². The number of alkyl halides is 2. The maximum atomic E-state index is 13.2. The molecule has 2 heterocycles. The van der Waals surface area contributed by atoms with Crippen molar-refractivity contribution in [3.05, 3.63) is 30.1 Å². The van der Waals surface area contributed by atoms with Crippen LogP contribution in [0, 0.1) is 0 Å². The minimum Gasteiger partial charge on any atom is -0.335 e. The van der Waals surface area contributed by atoms with Crippen molar-refractivity contribution in [1.82, 2.24) is 9.55 Å². The first-order chi connectivity index (χ1) is 7.53. The largest absolute Gasteiger partial charge is 0.335 e. The van der Waals surface area contributed by atoms with Crippen LogP contribution in [-0.4, -0.2) is 22.0 Å². The van der Waals surface area contributed by atoms with Gasteiger partial charge in [-0.25, -0.2) is 13.8 Å². The van der Waals surface area contributed by atoms with E-state index in [2.05, 4.69) is 4.98 Å². The van der Waals surface area contributed by atoms with Crippen LogP contribution in [0.1, 0.15) is 5.56 Å². The van der Waals surface area contributed by atoms with E-state index in [1.807, 2.05) is 0 Å². The van der Waals surface area contributed by atoms with Crippen molar-refractivity contribution in [2.45, 2.75) is 12.3 Å². The molecule has 0 atom stereocenters. The van der Waals surface area contributed by atoms with Gasteiger partial charge in [0, 0.05) is 31.2 Å². The van der Waals surface area contributed by atoms with Crippen LogP contribution in [-0.2, 0) is 13.5 Å². The van der Waals surface area contributed by atoms with Crippen LogP contribution in [0.25, 0.3) is 11.0 Å². The van der Waals surface area contributed by atoms with Crippen LogP contribution >= 0.6 is 0 Å². The number of nitrogens with zero attached hydrogens (tertiary/aromatic N) is 2. The van der Waals surface area contributed by atoms with Gasteiger partial charge in [0.2, 0.25) is 0 Å². The molecule has 0 saturated carbocycles. The fourth-order valence-corrected chi connectivity index (χ4v) is 1.78. The maximum Gasteiger partial charge on any atom is 0.264 e. The van der Waals surface area contributed by atoms with E-state index < -0.39 is 12.5 Å². The molecule has 0 bridgehead atoms. The molecule has 16 heavy (non-hydrogen) atoms. The van der Waals surface area contributed by atoms with E-state index in [9.17, 15) is 8.78 Å². The van der Waals surface area contributed by atoms with E-state index in [0.717, 1.165) is 5.39 Å². The molecule has 86 valence electrons. The summed E-state index contributed by atoms with van der Waals surface area (Å²) in [5.74, 6) is -2.86. The first-order valence-electron chi connectivity index (χ1n) is 5.00. The Morgan fingerprint density at radius 1 is 1.50 bits per heavy atom. The summed E-state index contributed by atoms with van der Waals surface area (Å²) in [4.78, 5) is 4.14.